The van der Waals surface area contributed by atoms with Gasteiger partial charge in [-0.1, -0.05) is 29.5 Å². The molecule has 3 heterocycles. The molecule has 5 aromatic rings. The molecule has 1 amide bonds. The summed E-state index contributed by atoms with van der Waals surface area (Å²) in [5.41, 5.74) is 11.3. The number of hydrogen-bond donors (Lipinski definition) is 4. The summed E-state index contributed by atoms with van der Waals surface area (Å²) < 4.78 is 2.05. The Labute approximate surface area is 200 Å². The average molecular weight is 726 g/mol. The summed E-state index contributed by atoms with van der Waals surface area (Å²) in [6.45, 7) is 0.676. The van der Waals surface area contributed by atoms with Gasteiger partial charge in [-0.2, -0.15) is 0 Å². The first kappa shape index (κ1) is 23.0. The normalized spacial score (nSPS) is 10.7. The topological polar surface area (TPSA) is 109 Å². The average Bonchev–Trinajstić information content (AvgIpc) is 3.48. The fraction of sp³-hybridized carbons (Fsp3) is 0.0400. The van der Waals surface area contributed by atoms with Gasteiger partial charge in [-0.05, 0) is 54.6 Å². The van der Waals surface area contributed by atoms with Crippen LogP contribution in [0.3, 0.4) is 0 Å². The van der Waals surface area contributed by atoms with Gasteiger partial charge in [-0.3, -0.25) is 16.2 Å². The maximum Gasteiger partial charge on any atom is 0.255 e. The largest absolute Gasteiger partial charge is 0.469 e. The molecule has 35 heavy (non-hydrogen) atoms. The van der Waals surface area contributed by atoms with E-state index in [4.69, 9.17) is 5.73 Å². The van der Waals surface area contributed by atoms with E-state index < -0.39 is 0 Å². The van der Waals surface area contributed by atoms with Gasteiger partial charge in [0.1, 0.15) is 5.65 Å². The fourth-order valence-corrected chi connectivity index (χ4v) is 4.38. The molecule has 8 nitrogen and oxygen atoms in total. The van der Waals surface area contributed by atoms with E-state index in [9.17, 15) is 4.79 Å². The van der Waals surface area contributed by atoms with Crippen LogP contribution in [0.1, 0.15) is 15.9 Å². The van der Waals surface area contributed by atoms with Crippen molar-refractivity contribution in [3.63, 3.8) is 0 Å². The molecule has 0 radical (unpaired) electrons. The molecule has 10 heteroatoms. The predicted octanol–water partition coefficient (Wildman–Crippen LogP) is 4.92. The molecule has 2 aromatic carbocycles. The number of nitrogens with one attached hydrogen (secondary N) is 3. The van der Waals surface area contributed by atoms with Crippen molar-refractivity contribution < 1.29 is 4.79 Å². The van der Waals surface area contributed by atoms with Crippen LogP contribution in [-0.2, 0) is 6.54 Å². The van der Waals surface area contributed by atoms with Gasteiger partial charge in [0.05, 0.1) is 28.1 Å². The summed E-state index contributed by atoms with van der Waals surface area (Å²) >= 11 is 1.53. The second kappa shape index (κ2) is 9.74. The number of anilines is 4. The number of nitrogen functional groups attached to an aromatic ring is 1. The second-order valence-electron chi connectivity index (χ2n) is 7.61. The van der Waals surface area contributed by atoms with Crippen LogP contribution < -0.4 is 21.7 Å². The molecule has 0 aliphatic heterocycles. The Morgan fingerprint density at radius 2 is 1.83 bits per heavy atom. The van der Waals surface area contributed by atoms with Gasteiger partial charge in [-0.15, -0.1) is 0 Å². The first-order valence-corrected chi connectivity index (χ1v) is 11.4. The zero-order valence-electron chi connectivity index (χ0n) is 18.4. The van der Waals surface area contributed by atoms with Crippen LogP contribution in [0.15, 0.2) is 79.3 Å². The molecule has 0 fully saturated rings. The standard InChI is InChI=1S/C25H22N7OS.Fm/c1-27-12-16-6-11-23-28-13-21(32(23)15-16)22-14-29-25(34-22)30-18-9-7-17(8-10-18)24(33)31-20-5-3-2-4-19(20)26;/h2-11,13-15,27H,1,12,26H2,(H,29,30)(H,31,33);/q-1;. The van der Waals surface area contributed by atoms with Gasteiger partial charge in [-0.25, -0.2) is 9.97 Å². The van der Waals surface area contributed by atoms with Crippen molar-refractivity contribution in [2.24, 2.45) is 0 Å². The Morgan fingerprint density at radius 1 is 1.03 bits per heavy atom. The molecular formula is C25H22FmN7OS-. The number of pyridine rings is 1. The molecular weight excluding hydrogens is 703 g/mol. The smallest absolute Gasteiger partial charge is 0.255 e. The van der Waals surface area contributed by atoms with Crippen molar-refractivity contribution in [3.05, 3.63) is 97.4 Å². The van der Waals surface area contributed by atoms with Crippen molar-refractivity contribution in [1.82, 2.24) is 19.7 Å². The van der Waals surface area contributed by atoms with Gasteiger partial charge in [0.15, 0.2) is 5.13 Å². The molecule has 0 saturated heterocycles. The number of para-hydroxylation sites is 2. The molecule has 0 aliphatic carbocycles. The number of nitrogens with two attached hydrogens (primary N) is 1. The number of benzene rings is 2. The third kappa shape index (κ3) is 4.77. The van der Waals surface area contributed by atoms with E-state index in [0.29, 0.717) is 23.5 Å². The van der Waals surface area contributed by atoms with E-state index in [1.165, 1.54) is 11.3 Å². The van der Waals surface area contributed by atoms with Crippen LogP contribution in [-0.4, -0.2) is 20.3 Å². The maximum atomic E-state index is 12.5. The summed E-state index contributed by atoms with van der Waals surface area (Å²) in [6.07, 6.45) is 5.73. The first-order chi connectivity index (χ1) is 16.6. The molecule has 182 valence electrons. The summed E-state index contributed by atoms with van der Waals surface area (Å²) in [5, 5.41) is 9.80. The van der Waals surface area contributed by atoms with Crippen LogP contribution in [0, 0.1) is 7.05 Å². The quantitative estimate of drug-likeness (QED) is 0.140. The van der Waals surface area contributed by atoms with Gasteiger partial charge in [0, 0.05) is 23.6 Å². The number of fused-ring (bicyclic) bond motifs is 1. The summed E-state index contributed by atoms with van der Waals surface area (Å²) in [7, 11) is 3.69. The summed E-state index contributed by atoms with van der Waals surface area (Å²) in [5.74, 6) is -0.220. The zero-order valence-corrected chi connectivity index (χ0v) is 21.7. The molecule has 0 saturated carbocycles. The molecule has 0 spiro atoms. The number of hydrogen-bond acceptors (Lipinski definition) is 7. The molecule has 0 bridgehead atoms. The minimum atomic E-state index is -0.220. The Hall–Kier alpha value is -5.21. The Bertz CT molecular complexity index is 1460. The van der Waals surface area contributed by atoms with Crippen LogP contribution in [0.4, 0.5) is 22.2 Å². The van der Waals surface area contributed by atoms with E-state index >= 15 is 0 Å². The van der Waals surface area contributed by atoms with E-state index in [-0.39, 0.29) is 5.91 Å². The number of nitrogens with zero attached hydrogens (tertiary/aromatic N) is 3. The van der Waals surface area contributed by atoms with E-state index in [2.05, 4.69) is 43.6 Å². The Balaban J connectivity index is 0.00000289. The van der Waals surface area contributed by atoms with Gasteiger partial charge >= 0.3 is 0 Å². The van der Waals surface area contributed by atoms with Gasteiger partial charge in [0.25, 0.3) is 5.91 Å². The SMILES string of the molecule is [CH2-]NCc1ccc2ncc(-c3cnc(Nc4ccc(C(=O)Nc5ccccc5N)cc4)s3)n2c1.[Fm]. The van der Waals surface area contributed by atoms with E-state index in [1.807, 2.05) is 48.8 Å². The molecule has 0 atom stereocenters. The number of amides is 1. The van der Waals surface area contributed by atoms with E-state index in [1.54, 1.807) is 24.3 Å². The van der Waals surface area contributed by atoms with Gasteiger partial charge < -0.3 is 21.7 Å². The Morgan fingerprint density at radius 3 is 2.60 bits per heavy atom. The molecule has 0 unspecified atom stereocenters. The maximum absolute atomic E-state index is 12.5. The number of aromatic nitrogens is 3. The van der Waals surface area contributed by atoms with E-state index in [0.717, 1.165) is 32.6 Å². The minimum absolute atomic E-state index is 0. The molecule has 3 aromatic heterocycles. The minimum Gasteiger partial charge on any atom is -0.469 e. The van der Waals surface area contributed by atoms with Gasteiger partial charge in [0.2, 0.25) is 0 Å². The molecule has 5 N–H and O–H groups in total. The van der Waals surface area contributed by atoms with Crippen molar-refractivity contribution in [2.75, 3.05) is 16.4 Å². The molecule has 0 aliphatic rings. The Kier molecular flexibility index (Phi) is 6.39. The number of carbonyl (C=O) groups excluding carboxylic acids is 1. The monoisotopic (exact) mass is 725 g/mol. The second-order valence-corrected chi connectivity index (χ2v) is 8.64. The van der Waals surface area contributed by atoms with Crippen molar-refractivity contribution in [3.8, 4) is 10.6 Å². The van der Waals surface area contributed by atoms with Crippen molar-refractivity contribution in [1.29, 1.82) is 0 Å². The summed E-state index contributed by atoms with van der Waals surface area (Å²) in [6, 6.07) is 18.4. The molecule has 5 rings (SSSR count). The van der Waals surface area contributed by atoms with Crippen LogP contribution in [0.2, 0.25) is 0 Å². The van der Waals surface area contributed by atoms with Crippen molar-refractivity contribution in [2.45, 2.75) is 6.54 Å². The van der Waals surface area contributed by atoms with Crippen LogP contribution in [0.5, 0.6) is 0 Å². The number of carbonyl (C=O) groups is 1. The van der Waals surface area contributed by atoms with Crippen molar-refractivity contribution >= 4 is 45.1 Å². The number of rotatable bonds is 7. The third-order valence-electron chi connectivity index (χ3n) is 5.26. The van der Waals surface area contributed by atoms with Crippen LogP contribution in [0.25, 0.3) is 16.2 Å². The number of thiazole rings is 1. The first-order valence-electron chi connectivity index (χ1n) is 10.6. The third-order valence-corrected chi connectivity index (χ3v) is 6.20. The fourth-order valence-electron chi connectivity index (χ4n) is 3.54. The number of imidazole rings is 1. The van der Waals surface area contributed by atoms with Crippen LogP contribution >= 0.6 is 11.3 Å². The summed E-state index contributed by atoms with van der Waals surface area (Å²) in [4.78, 5) is 22.5. The predicted molar refractivity (Wildman–Crippen MR) is 137 cm³/mol. The zero-order chi connectivity index (χ0) is 23.5.